The first-order chi connectivity index (χ1) is 16.6. The molecule has 4 rings (SSSR count). The van der Waals surface area contributed by atoms with E-state index >= 15 is 0 Å². The molecular formula is C28H31N3O4. The van der Waals surface area contributed by atoms with Crippen molar-refractivity contribution in [1.29, 1.82) is 0 Å². The van der Waals surface area contributed by atoms with E-state index in [1.165, 1.54) is 22.3 Å². The Bertz CT molecular complexity index is 1190. The third-order valence-electron chi connectivity index (χ3n) is 5.94. The van der Waals surface area contributed by atoms with Crippen LogP contribution < -0.4 is 10.6 Å². The van der Waals surface area contributed by atoms with Crippen LogP contribution in [0.2, 0.25) is 0 Å². The van der Waals surface area contributed by atoms with Crippen molar-refractivity contribution in [3.8, 4) is 11.1 Å². The maximum atomic E-state index is 12.5. The molecule has 0 fully saturated rings. The first kappa shape index (κ1) is 24.3. The van der Waals surface area contributed by atoms with Crippen LogP contribution in [0.5, 0.6) is 0 Å². The van der Waals surface area contributed by atoms with Crippen molar-refractivity contribution in [3.05, 3.63) is 82.5 Å². The van der Waals surface area contributed by atoms with Crippen LogP contribution in [0.15, 0.2) is 54.6 Å². The van der Waals surface area contributed by atoms with Gasteiger partial charge < -0.3 is 14.8 Å². The van der Waals surface area contributed by atoms with Crippen LogP contribution in [0.4, 0.5) is 15.4 Å². The van der Waals surface area contributed by atoms with Crippen molar-refractivity contribution in [2.24, 2.45) is 0 Å². The first-order valence-corrected chi connectivity index (χ1v) is 11.7. The molecule has 1 aromatic heterocycles. The molecule has 2 N–H and O–H groups in total. The fraction of sp³-hybridized carbons (Fsp3) is 0.321. The van der Waals surface area contributed by atoms with Crippen molar-refractivity contribution in [1.82, 2.24) is 10.3 Å². The smallest absolute Gasteiger partial charge is 0.413 e. The Hall–Kier alpha value is -3.87. The van der Waals surface area contributed by atoms with Gasteiger partial charge in [0.15, 0.2) is 0 Å². The van der Waals surface area contributed by atoms with Gasteiger partial charge in [0, 0.05) is 18.2 Å². The molecule has 2 aromatic carbocycles. The van der Waals surface area contributed by atoms with Gasteiger partial charge in [0.1, 0.15) is 18.0 Å². The second kappa shape index (κ2) is 9.78. The molecule has 0 radical (unpaired) electrons. The molecule has 0 saturated carbocycles. The third-order valence-corrected chi connectivity index (χ3v) is 5.94. The summed E-state index contributed by atoms with van der Waals surface area (Å²) in [6, 6.07) is 18.2. The quantitative estimate of drug-likeness (QED) is 0.468. The minimum Gasteiger partial charge on any atom is -0.449 e. The number of nitrogens with zero attached hydrogens (tertiary/aromatic N) is 1. The SMILES string of the molecule is Cc1cc(NC(=O)OC(C)(C)C)nc(C)c1CNC(=O)OCC1c2ccccc2-c2ccccc21. The van der Waals surface area contributed by atoms with Crippen LogP contribution in [-0.4, -0.2) is 29.4 Å². The minimum atomic E-state index is -0.596. The molecule has 0 aliphatic heterocycles. The number of hydrogen-bond acceptors (Lipinski definition) is 5. The van der Waals surface area contributed by atoms with Gasteiger partial charge in [-0.05, 0) is 74.1 Å². The maximum absolute atomic E-state index is 12.5. The number of pyridine rings is 1. The number of ether oxygens (including phenoxy) is 2. The Balaban J connectivity index is 1.36. The first-order valence-electron chi connectivity index (χ1n) is 11.7. The lowest BCUT2D eigenvalue weighted by Gasteiger charge is -2.20. The van der Waals surface area contributed by atoms with E-state index in [4.69, 9.17) is 9.47 Å². The van der Waals surface area contributed by atoms with E-state index in [1.807, 2.05) is 38.1 Å². The van der Waals surface area contributed by atoms with E-state index in [9.17, 15) is 9.59 Å². The lowest BCUT2D eigenvalue weighted by molar-refractivity contribution is 0.0635. The monoisotopic (exact) mass is 473 g/mol. The van der Waals surface area contributed by atoms with Crippen LogP contribution in [-0.2, 0) is 16.0 Å². The molecule has 7 heteroatoms. The van der Waals surface area contributed by atoms with E-state index < -0.39 is 17.8 Å². The molecule has 0 bridgehead atoms. The minimum absolute atomic E-state index is 0.0106. The van der Waals surface area contributed by atoms with E-state index in [1.54, 1.807) is 26.8 Å². The van der Waals surface area contributed by atoms with Gasteiger partial charge in [0.25, 0.3) is 0 Å². The van der Waals surface area contributed by atoms with Crippen LogP contribution in [0.3, 0.4) is 0 Å². The molecule has 1 heterocycles. The number of fused-ring (bicyclic) bond motifs is 3. The number of nitrogens with one attached hydrogen (secondary N) is 2. The number of carbonyl (C=O) groups excluding carboxylic acids is 2. The van der Waals surface area contributed by atoms with Crippen molar-refractivity contribution in [2.45, 2.75) is 52.7 Å². The van der Waals surface area contributed by atoms with Gasteiger partial charge >= 0.3 is 12.2 Å². The lowest BCUT2D eigenvalue weighted by atomic mass is 9.98. The highest BCUT2D eigenvalue weighted by atomic mass is 16.6. The summed E-state index contributed by atoms with van der Waals surface area (Å²) in [7, 11) is 0. The highest BCUT2D eigenvalue weighted by Crippen LogP contribution is 2.44. The van der Waals surface area contributed by atoms with Gasteiger partial charge in [-0.1, -0.05) is 48.5 Å². The molecule has 0 spiro atoms. The Morgan fingerprint density at radius 2 is 1.54 bits per heavy atom. The van der Waals surface area contributed by atoms with Gasteiger partial charge in [-0.25, -0.2) is 14.6 Å². The molecule has 1 aliphatic rings. The standard InChI is InChI=1S/C28H31N3O4/c1-17-14-25(31-27(33)35-28(3,4)5)30-18(2)23(17)15-29-26(32)34-16-24-21-12-8-6-10-19(21)20-11-7-9-13-22(20)24/h6-14,24H,15-16H2,1-5H3,(H,29,32)(H,30,31,33). The highest BCUT2D eigenvalue weighted by molar-refractivity contribution is 5.84. The molecule has 3 aromatic rings. The van der Waals surface area contributed by atoms with Crippen LogP contribution in [0, 0.1) is 13.8 Å². The van der Waals surface area contributed by atoms with Crippen LogP contribution >= 0.6 is 0 Å². The molecule has 2 amide bonds. The summed E-state index contributed by atoms with van der Waals surface area (Å²) < 4.78 is 10.9. The highest BCUT2D eigenvalue weighted by Gasteiger charge is 2.29. The van der Waals surface area contributed by atoms with Crippen molar-refractivity contribution < 1.29 is 19.1 Å². The molecule has 0 unspecified atom stereocenters. The summed E-state index contributed by atoms with van der Waals surface area (Å²) >= 11 is 0. The van der Waals surface area contributed by atoms with Gasteiger partial charge in [-0.2, -0.15) is 0 Å². The Kier molecular flexibility index (Phi) is 6.78. The second-order valence-corrected chi connectivity index (χ2v) is 9.69. The Morgan fingerprint density at radius 1 is 0.943 bits per heavy atom. The van der Waals surface area contributed by atoms with Crippen molar-refractivity contribution in [3.63, 3.8) is 0 Å². The van der Waals surface area contributed by atoms with E-state index in [2.05, 4.69) is 39.9 Å². The van der Waals surface area contributed by atoms with Crippen molar-refractivity contribution in [2.75, 3.05) is 11.9 Å². The maximum Gasteiger partial charge on any atom is 0.413 e. The van der Waals surface area contributed by atoms with Gasteiger partial charge in [0.05, 0.1) is 0 Å². The fourth-order valence-electron chi connectivity index (χ4n) is 4.41. The number of aromatic nitrogens is 1. The molecule has 1 aliphatic carbocycles. The normalized spacial score (nSPS) is 12.5. The molecule has 0 atom stereocenters. The topological polar surface area (TPSA) is 89.5 Å². The van der Waals surface area contributed by atoms with Gasteiger partial charge in [-0.15, -0.1) is 0 Å². The predicted octanol–water partition coefficient (Wildman–Crippen LogP) is 6.08. The second-order valence-electron chi connectivity index (χ2n) is 9.69. The summed E-state index contributed by atoms with van der Waals surface area (Å²) in [5, 5.41) is 5.49. The molecule has 182 valence electrons. The number of benzene rings is 2. The number of carbonyl (C=O) groups is 2. The molecular weight excluding hydrogens is 442 g/mol. The lowest BCUT2D eigenvalue weighted by Crippen LogP contribution is -2.28. The van der Waals surface area contributed by atoms with Gasteiger partial charge in [0.2, 0.25) is 0 Å². The van der Waals surface area contributed by atoms with Crippen molar-refractivity contribution >= 4 is 18.0 Å². The van der Waals surface area contributed by atoms with E-state index in [-0.39, 0.29) is 19.1 Å². The predicted molar refractivity (Wildman–Crippen MR) is 135 cm³/mol. The summed E-state index contributed by atoms with van der Waals surface area (Å²) in [4.78, 5) is 29.0. The number of anilines is 1. The summed E-state index contributed by atoms with van der Waals surface area (Å²) in [6.45, 7) is 9.67. The Morgan fingerprint density at radius 3 is 2.11 bits per heavy atom. The van der Waals surface area contributed by atoms with Crippen LogP contribution in [0.1, 0.15) is 54.6 Å². The number of aryl methyl sites for hydroxylation is 2. The number of rotatable bonds is 5. The van der Waals surface area contributed by atoms with Gasteiger partial charge in [-0.3, -0.25) is 5.32 Å². The van der Waals surface area contributed by atoms with E-state index in [0.29, 0.717) is 11.5 Å². The average Bonchev–Trinajstić information content (AvgIpc) is 3.09. The average molecular weight is 474 g/mol. The zero-order chi connectivity index (χ0) is 25.2. The summed E-state index contributed by atoms with van der Waals surface area (Å²) in [6.07, 6.45) is -1.05. The molecule has 7 nitrogen and oxygen atoms in total. The third kappa shape index (κ3) is 5.62. The Labute approximate surface area is 205 Å². The fourth-order valence-corrected chi connectivity index (χ4v) is 4.41. The summed E-state index contributed by atoms with van der Waals surface area (Å²) in [5.74, 6) is 0.413. The number of amides is 2. The van der Waals surface area contributed by atoms with Crippen LogP contribution in [0.25, 0.3) is 11.1 Å². The zero-order valence-corrected chi connectivity index (χ0v) is 20.8. The largest absolute Gasteiger partial charge is 0.449 e. The number of alkyl carbamates (subject to hydrolysis) is 1. The molecule has 0 saturated heterocycles. The van der Waals surface area contributed by atoms with E-state index in [0.717, 1.165) is 11.1 Å². The molecule has 35 heavy (non-hydrogen) atoms. The summed E-state index contributed by atoms with van der Waals surface area (Å²) in [5.41, 5.74) is 6.59. The number of hydrogen-bond donors (Lipinski definition) is 2. The zero-order valence-electron chi connectivity index (χ0n) is 20.8.